The first-order valence-corrected chi connectivity index (χ1v) is 5.28. The highest BCUT2D eigenvalue weighted by molar-refractivity contribution is 5.90. The third kappa shape index (κ3) is 3.12. The van der Waals surface area contributed by atoms with Crippen LogP contribution in [0.3, 0.4) is 0 Å². The third-order valence-electron chi connectivity index (χ3n) is 2.11. The lowest BCUT2D eigenvalue weighted by molar-refractivity contribution is 0.0690. The average molecular weight is 266 g/mol. The summed E-state index contributed by atoms with van der Waals surface area (Å²) in [5.41, 5.74) is -0.153. The molecular formula is C9H10N6O4. The van der Waals surface area contributed by atoms with E-state index in [0.29, 0.717) is 5.89 Å². The Kier molecular flexibility index (Phi) is 3.50. The molecule has 19 heavy (non-hydrogen) atoms. The van der Waals surface area contributed by atoms with E-state index in [4.69, 9.17) is 5.11 Å². The maximum atomic E-state index is 11.5. The van der Waals surface area contributed by atoms with Crippen LogP contribution in [0.2, 0.25) is 0 Å². The molecule has 2 rings (SSSR count). The van der Waals surface area contributed by atoms with Crippen LogP contribution in [-0.2, 0) is 6.54 Å². The van der Waals surface area contributed by atoms with Crippen molar-refractivity contribution in [2.75, 3.05) is 6.54 Å². The number of aromatic carboxylic acids is 1. The van der Waals surface area contributed by atoms with E-state index in [1.807, 2.05) is 0 Å². The molecule has 2 aromatic rings. The molecule has 0 saturated carbocycles. The molecule has 10 heteroatoms. The van der Waals surface area contributed by atoms with Gasteiger partial charge in [0.25, 0.3) is 11.7 Å². The molecule has 0 aliphatic carbocycles. The zero-order chi connectivity index (χ0) is 13.8. The van der Waals surface area contributed by atoms with Crippen molar-refractivity contribution in [1.29, 1.82) is 0 Å². The molecule has 0 bridgehead atoms. The number of aryl methyl sites for hydroxylation is 1. The molecular weight excluding hydrogens is 256 g/mol. The molecule has 1 amide bonds. The number of carboxylic acid groups (broad SMARTS) is 1. The molecule has 0 fully saturated rings. The Morgan fingerprint density at radius 3 is 2.89 bits per heavy atom. The summed E-state index contributed by atoms with van der Waals surface area (Å²) in [6.45, 7) is 2.09. The third-order valence-corrected chi connectivity index (χ3v) is 2.11. The summed E-state index contributed by atoms with van der Waals surface area (Å²) in [7, 11) is 0. The van der Waals surface area contributed by atoms with E-state index in [-0.39, 0.29) is 24.6 Å². The monoisotopic (exact) mass is 266 g/mol. The van der Waals surface area contributed by atoms with Crippen LogP contribution < -0.4 is 5.32 Å². The van der Waals surface area contributed by atoms with E-state index in [9.17, 15) is 9.59 Å². The number of hydrogen-bond acceptors (Lipinski definition) is 7. The zero-order valence-electron chi connectivity index (χ0n) is 9.90. The van der Waals surface area contributed by atoms with Crippen LogP contribution in [0.15, 0.2) is 10.7 Å². The van der Waals surface area contributed by atoms with E-state index < -0.39 is 11.9 Å². The van der Waals surface area contributed by atoms with E-state index in [1.165, 1.54) is 10.9 Å². The Balaban J connectivity index is 1.83. The van der Waals surface area contributed by atoms with Gasteiger partial charge in [-0.3, -0.25) is 4.79 Å². The number of nitrogens with one attached hydrogen (secondary N) is 1. The summed E-state index contributed by atoms with van der Waals surface area (Å²) in [5.74, 6) is -1.39. The minimum absolute atomic E-state index is 0.0534. The Bertz CT molecular complexity index is 603. The van der Waals surface area contributed by atoms with Crippen LogP contribution >= 0.6 is 0 Å². The van der Waals surface area contributed by atoms with E-state index in [0.717, 1.165) is 0 Å². The van der Waals surface area contributed by atoms with Gasteiger partial charge < -0.3 is 14.9 Å². The Morgan fingerprint density at radius 1 is 1.53 bits per heavy atom. The van der Waals surface area contributed by atoms with Gasteiger partial charge in [-0.15, -0.1) is 5.10 Å². The van der Waals surface area contributed by atoms with Crippen LogP contribution in [0.5, 0.6) is 0 Å². The van der Waals surface area contributed by atoms with Crippen molar-refractivity contribution in [3.05, 3.63) is 23.6 Å². The molecule has 0 aliphatic heterocycles. The fourth-order valence-corrected chi connectivity index (χ4v) is 1.26. The smallest absolute Gasteiger partial charge is 0.358 e. The zero-order valence-corrected chi connectivity index (χ0v) is 9.90. The molecule has 0 aliphatic rings. The molecule has 10 nitrogen and oxygen atoms in total. The summed E-state index contributed by atoms with van der Waals surface area (Å²) in [6, 6.07) is 0. The molecule has 2 heterocycles. The number of nitrogens with zero attached hydrogens (tertiary/aromatic N) is 5. The van der Waals surface area contributed by atoms with Gasteiger partial charge in [0.1, 0.15) is 0 Å². The number of rotatable bonds is 5. The van der Waals surface area contributed by atoms with Crippen LogP contribution in [0, 0.1) is 6.92 Å². The number of carboxylic acids is 1. The molecule has 0 spiro atoms. The van der Waals surface area contributed by atoms with Gasteiger partial charge in [0.2, 0.25) is 5.89 Å². The lowest BCUT2D eigenvalue weighted by atomic mass is 10.5. The maximum absolute atomic E-state index is 11.5. The highest BCUT2D eigenvalue weighted by Gasteiger charge is 2.12. The van der Waals surface area contributed by atoms with E-state index >= 15 is 0 Å². The lowest BCUT2D eigenvalue weighted by Crippen LogP contribution is -2.28. The van der Waals surface area contributed by atoms with Crippen molar-refractivity contribution >= 4 is 11.9 Å². The van der Waals surface area contributed by atoms with Crippen molar-refractivity contribution in [2.24, 2.45) is 0 Å². The predicted octanol–water partition coefficient (Wildman–Crippen LogP) is -0.902. The molecule has 0 atom stereocenters. The number of amides is 1. The average Bonchev–Trinajstić information content (AvgIpc) is 2.98. The standard InChI is InChI=1S/C9H10N6O4/c1-5-11-7(13-19-5)8(16)10-2-3-15-4-6(9(17)18)12-14-15/h4H,2-3H2,1H3,(H,10,16)(H,17,18). The summed E-state index contributed by atoms with van der Waals surface area (Å²) in [5, 5.41) is 21.7. The topological polar surface area (TPSA) is 136 Å². The Hall–Kier alpha value is -2.78. The molecule has 2 aromatic heterocycles. The highest BCUT2D eigenvalue weighted by atomic mass is 16.5. The Morgan fingerprint density at radius 2 is 2.32 bits per heavy atom. The van der Waals surface area contributed by atoms with Crippen molar-refractivity contribution in [3.8, 4) is 0 Å². The van der Waals surface area contributed by atoms with Gasteiger partial charge in [-0.1, -0.05) is 10.4 Å². The summed E-state index contributed by atoms with van der Waals surface area (Å²) in [4.78, 5) is 25.9. The SMILES string of the molecule is Cc1nc(C(=O)NCCn2cc(C(=O)O)nn2)no1. The molecule has 0 radical (unpaired) electrons. The van der Waals surface area contributed by atoms with Crippen LogP contribution in [0.25, 0.3) is 0 Å². The minimum Gasteiger partial charge on any atom is -0.476 e. The van der Waals surface area contributed by atoms with Gasteiger partial charge >= 0.3 is 5.97 Å². The quantitative estimate of drug-likeness (QED) is 0.710. The van der Waals surface area contributed by atoms with Gasteiger partial charge in [0.15, 0.2) is 5.69 Å². The number of carbonyl (C=O) groups excluding carboxylic acids is 1. The molecule has 0 unspecified atom stereocenters. The summed E-state index contributed by atoms with van der Waals surface area (Å²) in [6.07, 6.45) is 1.27. The Labute approximate surface area is 106 Å². The first-order valence-electron chi connectivity index (χ1n) is 5.28. The van der Waals surface area contributed by atoms with Gasteiger partial charge in [0.05, 0.1) is 12.7 Å². The predicted molar refractivity (Wildman–Crippen MR) is 58.3 cm³/mol. The second-order valence-corrected chi connectivity index (χ2v) is 3.56. The van der Waals surface area contributed by atoms with Crippen molar-refractivity contribution in [3.63, 3.8) is 0 Å². The van der Waals surface area contributed by atoms with Crippen LogP contribution in [-0.4, -0.2) is 48.7 Å². The van der Waals surface area contributed by atoms with Gasteiger partial charge in [0, 0.05) is 13.5 Å². The molecule has 0 aromatic carbocycles. The highest BCUT2D eigenvalue weighted by Crippen LogP contribution is 1.95. The first-order chi connectivity index (χ1) is 9.06. The minimum atomic E-state index is -1.16. The molecule has 0 saturated heterocycles. The number of carbonyl (C=O) groups is 2. The second kappa shape index (κ2) is 5.25. The lowest BCUT2D eigenvalue weighted by Gasteiger charge is -2.01. The van der Waals surface area contributed by atoms with E-state index in [1.54, 1.807) is 6.92 Å². The maximum Gasteiger partial charge on any atom is 0.358 e. The van der Waals surface area contributed by atoms with Crippen molar-refractivity contribution in [1.82, 2.24) is 30.5 Å². The largest absolute Gasteiger partial charge is 0.476 e. The van der Waals surface area contributed by atoms with Crippen molar-refractivity contribution < 1.29 is 19.2 Å². The van der Waals surface area contributed by atoms with E-state index in [2.05, 4.69) is 30.3 Å². The summed E-state index contributed by atoms with van der Waals surface area (Å²) < 4.78 is 5.98. The van der Waals surface area contributed by atoms with Gasteiger partial charge in [-0.25, -0.2) is 9.48 Å². The number of hydrogen-bond donors (Lipinski definition) is 2. The normalized spacial score (nSPS) is 10.4. The first kappa shape index (κ1) is 12.7. The fraction of sp³-hybridized carbons (Fsp3) is 0.333. The molecule has 100 valence electrons. The molecule has 2 N–H and O–H groups in total. The van der Waals surface area contributed by atoms with Crippen molar-refractivity contribution in [2.45, 2.75) is 13.5 Å². The van der Waals surface area contributed by atoms with Crippen LogP contribution in [0.1, 0.15) is 27.0 Å². The second-order valence-electron chi connectivity index (χ2n) is 3.56. The van der Waals surface area contributed by atoms with Gasteiger partial charge in [-0.2, -0.15) is 4.98 Å². The number of aromatic nitrogens is 5. The van der Waals surface area contributed by atoms with Crippen LogP contribution in [0.4, 0.5) is 0 Å². The fourth-order valence-electron chi connectivity index (χ4n) is 1.26. The summed E-state index contributed by atoms with van der Waals surface area (Å²) >= 11 is 0. The van der Waals surface area contributed by atoms with Gasteiger partial charge in [-0.05, 0) is 0 Å².